The lowest BCUT2D eigenvalue weighted by Gasteiger charge is -2.18. The summed E-state index contributed by atoms with van der Waals surface area (Å²) in [5.74, 6) is 6.10. The summed E-state index contributed by atoms with van der Waals surface area (Å²) in [5.41, 5.74) is 3.55. The van der Waals surface area contributed by atoms with Crippen LogP contribution in [0.1, 0.15) is 5.01 Å². The first-order valence-corrected chi connectivity index (χ1v) is 6.18. The summed E-state index contributed by atoms with van der Waals surface area (Å²) in [4.78, 5) is 2.07. The Hall–Kier alpha value is -1.86. The second kappa shape index (κ2) is 5.65. The van der Waals surface area contributed by atoms with Gasteiger partial charge in [-0.2, -0.15) is 0 Å². The summed E-state index contributed by atoms with van der Waals surface area (Å²) >= 11 is 1.43. The maximum absolute atomic E-state index is 5.27. The predicted molar refractivity (Wildman–Crippen MR) is 72.8 cm³/mol. The molecule has 0 saturated heterocycles. The molecule has 0 bridgehead atoms. The van der Waals surface area contributed by atoms with Gasteiger partial charge in [0.2, 0.25) is 5.13 Å². The zero-order chi connectivity index (χ0) is 13.0. The number of hydrogen-bond acceptors (Lipinski definition) is 7. The number of nitrogens with zero attached hydrogens (tertiary/aromatic N) is 3. The SMILES string of the molecule is COc1cccc(N(C)Cc2nnc(NN)s2)c1. The molecule has 3 N–H and O–H groups in total. The van der Waals surface area contributed by atoms with Crippen molar-refractivity contribution in [3.63, 3.8) is 0 Å². The first-order chi connectivity index (χ1) is 8.72. The minimum atomic E-state index is 0.615. The molecule has 0 saturated carbocycles. The summed E-state index contributed by atoms with van der Waals surface area (Å²) < 4.78 is 5.20. The average molecular weight is 265 g/mol. The van der Waals surface area contributed by atoms with Gasteiger partial charge in [0.05, 0.1) is 13.7 Å². The van der Waals surface area contributed by atoms with E-state index in [0.717, 1.165) is 16.4 Å². The quantitative estimate of drug-likeness (QED) is 0.630. The van der Waals surface area contributed by atoms with Gasteiger partial charge < -0.3 is 9.64 Å². The van der Waals surface area contributed by atoms with Crippen LogP contribution in [0.4, 0.5) is 10.8 Å². The monoisotopic (exact) mass is 265 g/mol. The Balaban J connectivity index is 2.08. The zero-order valence-electron chi connectivity index (χ0n) is 10.3. The number of nitrogens with one attached hydrogen (secondary N) is 1. The molecule has 0 aliphatic carbocycles. The largest absolute Gasteiger partial charge is 0.497 e. The van der Waals surface area contributed by atoms with Crippen LogP contribution < -0.4 is 20.9 Å². The van der Waals surface area contributed by atoms with E-state index in [4.69, 9.17) is 10.6 Å². The first kappa shape index (κ1) is 12.6. The summed E-state index contributed by atoms with van der Waals surface area (Å²) in [6, 6.07) is 7.87. The highest BCUT2D eigenvalue weighted by Crippen LogP contribution is 2.22. The highest BCUT2D eigenvalue weighted by molar-refractivity contribution is 7.15. The molecule has 0 aliphatic heterocycles. The number of rotatable bonds is 5. The van der Waals surface area contributed by atoms with Crippen molar-refractivity contribution in [3.8, 4) is 5.75 Å². The van der Waals surface area contributed by atoms with Gasteiger partial charge in [-0.1, -0.05) is 17.4 Å². The molecule has 6 nitrogen and oxygen atoms in total. The van der Waals surface area contributed by atoms with E-state index >= 15 is 0 Å². The number of methoxy groups -OCH3 is 1. The molecule has 0 atom stereocenters. The fraction of sp³-hybridized carbons (Fsp3) is 0.273. The van der Waals surface area contributed by atoms with Crippen molar-refractivity contribution in [2.24, 2.45) is 5.84 Å². The summed E-state index contributed by atoms with van der Waals surface area (Å²) in [6.07, 6.45) is 0. The number of nitrogens with two attached hydrogens (primary N) is 1. The molecule has 1 heterocycles. The van der Waals surface area contributed by atoms with E-state index < -0.39 is 0 Å². The molecule has 7 heteroatoms. The van der Waals surface area contributed by atoms with E-state index in [9.17, 15) is 0 Å². The van der Waals surface area contributed by atoms with Gasteiger partial charge in [-0.05, 0) is 12.1 Å². The van der Waals surface area contributed by atoms with Gasteiger partial charge >= 0.3 is 0 Å². The lowest BCUT2D eigenvalue weighted by Crippen LogP contribution is -2.16. The smallest absolute Gasteiger partial charge is 0.219 e. The number of benzene rings is 1. The van der Waals surface area contributed by atoms with E-state index in [1.807, 2.05) is 31.3 Å². The molecule has 96 valence electrons. The standard InChI is InChI=1S/C11H15N5OS/c1-16(7-10-14-15-11(13-12)18-10)8-4-3-5-9(6-8)17-2/h3-6H,7,12H2,1-2H3,(H,13,15). The van der Waals surface area contributed by atoms with Crippen LogP contribution in [0.2, 0.25) is 0 Å². The topological polar surface area (TPSA) is 76.3 Å². The Labute approximate surface area is 109 Å². The number of ether oxygens (including phenoxy) is 1. The van der Waals surface area contributed by atoms with Crippen LogP contribution >= 0.6 is 11.3 Å². The molecule has 1 aromatic heterocycles. The van der Waals surface area contributed by atoms with Gasteiger partial charge in [0.25, 0.3) is 0 Å². The van der Waals surface area contributed by atoms with Gasteiger partial charge in [0.15, 0.2) is 0 Å². The van der Waals surface area contributed by atoms with Crippen LogP contribution in [-0.2, 0) is 6.54 Å². The average Bonchev–Trinajstić information content (AvgIpc) is 2.86. The highest BCUT2D eigenvalue weighted by atomic mass is 32.1. The fourth-order valence-electron chi connectivity index (χ4n) is 1.52. The molecule has 0 radical (unpaired) electrons. The van der Waals surface area contributed by atoms with Crippen LogP contribution in [-0.4, -0.2) is 24.4 Å². The van der Waals surface area contributed by atoms with Crippen LogP contribution in [0, 0.1) is 0 Å². The molecule has 1 aromatic carbocycles. The summed E-state index contributed by atoms with van der Waals surface area (Å²) in [5, 5.41) is 9.46. The number of anilines is 2. The molecule has 2 aromatic rings. The molecule has 0 fully saturated rings. The van der Waals surface area contributed by atoms with E-state index in [2.05, 4.69) is 20.5 Å². The van der Waals surface area contributed by atoms with Gasteiger partial charge in [-0.3, -0.25) is 5.43 Å². The van der Waals surface area contributed by atoms with E-state index in [1.165, 1.54) is 11.3 Å². The number of nitrogen functional groups attached to an aromatic ring is 1. The number of hydrazine groups is 1. The molecule has 0 spiro atoms. The molecule has 2 rings (SSSR count). The van der Waals surface area contributed by atoms with Crippen molar-refractivity contribution in [3.05, 3.63) is 29.3 Å². The predicted octanol–water partition coefficient (Wildman–Crippen LogP) is 1.47. The molecular formula is C11H15N5OS. The third-order valence-electron chi connectivity index (χ3n) is 2.46. The fourth-order valence-corrected chi connectivity index (χ4v) is 2.22. The Morgan fingerprint density at radius 1 is 1.44 bits per heavy atom. The van der Waals surface area contributed by atoms with Gasteiger partial charge in [-0.15, -0.1) is 10.2 Å². The van der Waals surface area contributed by atoms with Crippen LogP contribution in [0.5, 0.6) is 5.75 Å². The normalized spacial score (nSPS) is 10.2. The van der Waals surface area contributed by atoms with Crippen LogP contribution in [0.3, 0.4) is 0 Å². The number of aromatic nitrogens is 2. The lowest BCUT2D eigenvalue weighted by atomic mass is 10.3. The Kier molecular flexibility index (Phi) is 3.96. The van der Waals surface area contributed by atoms with E-state index in [0.29, 0.717) is 11.7 Å². The molecule has 0 unspecified atom stereocenters. The third-order valence-corrected chi connectivity index (χ3v) is 3.30. The lowest BCUT2D eigenvalue weighted by molar-refractivity contribution is 0.415. The van der Waals surface area contributed by atoms with Crippen molar-refractivity contribution in [2.75, 3.05) is 24.5 Å². The Bertz CT molecular complexity index is 516. The Morgan fingerprint density at radius 3 is 2.94 bits per heavy atom. The third kappa shape index (κ3) is 2.88. The van der Waals surface area contributed by atoms with E-state index in [-0.39, 0.29) is 0 Å². The minimum absolute atomic E-state index is 0.615. The van der Waals surface area contributed by atoms with Crippen molar-refractivity contribution in [1.82, 2.24) is 10.2 Å². The second-order valence-electron chi connectivity index (χ2n) is 3.70. The second-order valence-corrected chi connectivity index (χ2v) is 4.76. The Morgan fingerprint density at radius 2 is 2.28 bits per heavy atom. The van der Waals surface area contributed by atoms with Crippen molar-refractivity contribution < 1.29 is 4.74 Å². The van der Waals surface area contributed by atoms with Gasteiger partial charge in [0.1, 0.15) is 10.8 Å². The zero-order valence-corrected chi connectivity index (χ0v) is 11.1. The molecular weight excluding hydrogens is 250 g/mol. The summed E-state index contributed by atoms with van der Waals surface area (Å²) in [6.45, 7) is 0.673. The molecule has 0 amide bonds. The van der Waals surface area contributed by atoms with Crippen molar-refractivity contribution in [2.45, 2.75) is 6.54 Å². The number of hydrogen-bond donors (Lipinski definition) is 2. The maximum Gasteiger partial charge on any atom is 0.219 e. The highest BCUT2D eigenvalue weighted by Gasteiger charge is 2.07. The molecule has 18 heavy (non-hydrogen) atoms. The summed E-state index contributed by atoms with van der Waals surface area (Å²) in [7, 11) is 3.65. The van der Waals surface area contributed by atoms with Crippen molar-refractivity contribution >= 4 is 22.2 Å². The van der Waals surface area contributed by atoms with Gasteiger partial charge in [0, 0.05) is 18.8 Å². The maximum atomic E-state index is 5.27. The minimum Gasteiger partial charge on any atom is -0.497 e. The van der Waals surface area contributed by atoms with Crippen LogP contribution in [0.15, 0.2) is 24.3 Å². The van der Waals surface area contributed by atoms with Crippen LogP contribution in [0.25, 0.3) is 0 Å². The van der Waals surface area contributed by atoms with E-state index in [1.54, 1.807) is 7.11 Å². The van der Waals surface area contributed by atoms with Crippen molar-refractivity contribution in [1.29, 1.82) is 0 Å². The molecule has 0 aliphatic rings. The first-order valence-electron chi connectivity index (χ1n) is 5.37. The van der Waals surface area contributed by atoms with Gasteiger partial charge in [-0.25, -0.2) is 5.84 Å².